The molecule has 138 valence electrons. The lowest BCUT2D eigenvalue weighted by Gasteiger charge is -2.09. The maximum absolute atomic E-state index is 12.2. The molecule has 0 fully saturated rings. The lowest BCUT2D eigenvalue weighted by Crippen LogP contribution is -2.17. The Morgan fingerprint density at radius 3 is 2.59 bits per heavy atom. The standard InChI is InChI=1S/C20H17BrIN3O2/c1-12-9-14(13(2)25(12)17-6-4-16(22)5-7-17)11-23-24-20(27)18-10-15(21)3-8-19(18)26/h3-11,26H,1-2H3,(H,24,27)/b23-11-. The Balaban J connectivity index is 1.80. The summed E-state index contributed by atoms with van der Waals surface area (Å²) in [6.07, 6.45) is 1.61. The van der Waals surface area contributed by atoms with Gasteiger partial charge in [0.15, 0.2) is 0 Å². The van der Waals surface area contributed by atoms with Crippen molar-refractivity contribution in [2.45, 2.75) is 13.8 Å². The van der Waals surface area contributed by atoms with Crippen LogP contribution in [0.2, 0.25) is 0 Å². The van der Waals surface area contributed by atoms with Gasteiger partial charge in [0, 0.05) is 30.7 Å². The van der Waals surface area contributed by atoms with Crippen molar-refractivity contribution < 1.29 is 9.90 Å². The van der Waals surface area contributed by atoms with Crippen LogP contribution in [0.15, 0.2) is 58.1 Å². The van der Waals surface area contributed by atoms with Crippen molar-refractivity contribution >= 4 is 50.6 Å². The van der Waals surface area contributed by atoms with Crippen LogP contribution in [0.1, 0.15) is 27.3 Å². The number of rotatable bonds is 4. The van der Waals surface area contributed by atoms with Crippen molar-refractivity contribution in [2.24, 2.45) is 5.10 Å². The molecular weight excluding hydrogens is 521 g/mol. The van der Waals surface area contributed by atoms with Crippen LogP contribution in [-0.2, 0) is 0 Å². The Hall–Kier alpha value is -2.13. The lowest BCUT2D eigenvalue weighted by molar-refractivity contribution is 0.0952. The first kappa shape index (κ1) is 19.6. The van der Waals surface area contributed by atoms with Crippen molar-refractivity contribution in [3.8, 4) is 11.4 Å². The fraction of sp³-hybridized carbons (Fsp3) is 0.100. The molecule has 1 amide bonds. The zero-order valence-corrected chi connectivity index (χ0v) is 18.4. The van der Waals surface area contributed by atoms with Gasteiger partial charge in [0.25, 0.3) is 5.91 Å². The van der Waals surface area contributed by atoms with E-state index in [2.05, 4.69) is 77.9 Å². The summed E-state index contributed by atoms with van der Waals surface area (Å²) < 4.78 is 4.02. The SMILES string of the molecule is Cc1cc(/C=N\NC(=O)c2cc(Br)ccc2O)c(C)n1-c1ccc(I)cc1. The normalized spacial score (nSPS) is 11.1. The molecule has 7 heteroatoms. The first-order valence-corrected chi connectivity index (χ1v) is 10.0. The van der Waals surface area contributed by atoms with Crippen LogP contribution in [-0.4, -0.2) is 21.8 Å². The van der Waals surface area contributed by atoms with Crippen LogP contribution in [0, 0.1) is 17.4 Å². The number of hydrogen-bond donors (Lipinski definition) is 2. The summed E-state index contributed by atoms with van der Waals surface area (Å²) in [6.45, 7) is 4.04. The van der Waals surface area contributed by atoms with Crippen molar-refractivity contribution in [1.29, 1.82) is 0 Å². The largest absolute Gasteiger partial charge is 0.507 e. The maximum Gasteiger partial charge on any atom is 0.275 e. The van der Waals surface area contributed by atoms with E-state index < -0.39 is 5.91 Å². The molecular formula is C20H17BrIN3O2. The number of aromatic nitrogens is 1. The van der Waals surface area contributed by atoms with Gasteiger partial charge in [0.1, 0.15) is 5.75 Å². The van der Waals surface area contributed by atoms with E-state index in [1.54, 1.807) is 18.3 Å². The summed E-state index contributed by atoms with van der Waals surface area (Å²) in [5.74, 6) is -0.570. The van der Waals surface area contributed by atoms with E-state index >= 15 is 0 Å². The second-order valence-corrected chi connectivity index (χ2v) is 8.16. The quantitative estimate of drug-likeness (QED) is 0.281. The Morgan fingerprint density at radius 1 is 1.19 bits per heavy atom. The minimum Gasteiger partial charge on any atom is -0.507 e. The highest BCUT2D eigenvalue weighted by molar-refractivity contribution is 14.1. The van der Waals surface area contributed by atoms with Gasteiger partial charge in [-0.1, -0.05) is 15.9 Å². The minimum atomic E-state index is -0.475. The first-order valence-electron chi connectivity index (χ1n) is 8.13. The van der Waals surface area contributed by atoms with E-state index in [0.717, 1.165) is 22.6 Å². The van der Waals surface area contributed by atoms with Crippen molar-refractivity contribution in [2.75, 3.05) is 0 Å². The summed E-state index contributed by atoms with van der Waals surface area (Å²) in [7, 11) is 0. The maximum atomic E-state index is 12.2. The number of nitrogens with one attached hydrogen (secondary N) is 1. The van der Waals surface area contributed by atoms with Crippen LogP contribution in [0.5, 0.6) is 5.75 Å². The molecule has 27 heavy (non-hydrogen) atoms. The molecule has 0 aliphatic rings. The predicted octanol–water partition coefficient (Wildman–Crippen LogP) is 4.93. The highest BCUT2D eigenvalue weighted by Crippen LogP contribution is 2.22. The fourth-order valence-electron chi connectivity index (χ4n) is 2.82. The summed E-state index contributed by atoms with van der Waals surface area (Å²) in [6, 6.07) is 14.9. The number of amides is 1. The van der Waals surface area contributed by atoms with E-state index in [4.69, 9.17) is 0 Å². The number of carbonyl (C=O) groups is 1. The van der Waals surface area contributed by atoms with Crippen LogP contribution in [0.25, 0.3) is 5.69 Å². The molecule has 0 aliphatic heterocycles. The number of nitrogens with zero attached hydrogens (tertiary/aromatic N) is 2. The second-order valence-electron chi connectivity index (χ2n) is 6.00. The van der Waals surface area contributed by atoms with E-state index in [0.29, 0.717) is 4.47 Å². The topological polar surface area (TPSA) is 66.6 Å². The molecule has 0 bridgehead atoms. The Labute approximate surface area is 179 Å². The molecule has 1 heterocycles. The highest BCUT2D eigenvalue weighted by atomic mass is 127. The Kier molecular flexibility index (Phi) is 6.01. The molecule has 5 nitrogen and oxygen atoms in total. The van der Waals surface area contributed by atoms with Gasteiger partial charge >= 0.3 is 0 Å². The summed E-state index contributed by atoms with van der Waals surface area (Å²) in [5.41, 5.74) is 6.70. The van der Waals surface area contributed by atoms with Crippen LogP contribution >= 0.6 is 38.5 Å². The molecule has 2 N–H and O–H groups in total. The molecule has 0 aliphatic carbocycles. The van der Waals surface area contributed by atoms with Crippen LogP contribution < -0.4 is 5.43 Å². The summed E-state index contributed by atoms with van der Waals surface area (Å²) in [4.78, 5) is 12.2. The van der Waals surface area contributed by atoms with E-state index in [-0.39, 0.29) is 11.3 Å². The zero-order valence-electron chi connectivity index (χ0n) is 14.7. The van der Waals surface area contributed by atoms with Gasteiger partial charge in [-0.05, 0) is 85.0 Å². The molecule has 2 aromatic carbocycles. The fourth-order valence-corrected chi connectivity index (χ4v) is 3.54. The summed E-state index contributed by atoms with van der Waals surface area (Å²) in [5, 5.41) is 13.9. The van der Waals surface area contributed by atoms with Gasteiger partial charge in [0.05, 0.1) is 11.8 Å². The third-order valence-corrected chi connectivity index (χ3v) is 5.34. The van der Waals surface area contributed by atoms with Gasteiger partial charge in [-0.15, -0.1) is 0 Å². The Morgan fingerprint density at radius 2 is 1.89 bits per heavy atom. The van der Waals surface area contributed by atoms with Gasteiger partial charge in [0.2, 0.25) is 0 Å². The number of benzene rings is 2. The molecule has 3 rings (SSSR count). The number of phenols is 1. The van der Waals surface area contributed by atoms with Crippen molar-refractivity contribution in [1.82, 2.24) is 9.99 Å². The average Bonchev–Trinajstić information content (AvgIpc) is 2.91. The number of aryl methyl sites for hydroxylation is 1. The number of aromatic hydroxyl groups is 1. The van der Waals surface area contributed by atoms with Crippen LogP contribution in [0.4, 0.5) is 0 Å². The van der Waals surface area contributed by atoms with E-state index in [1.807, 2.05) is 19.9 Å². The van der Waals surface area contributed by atoms with Crippen molar-refractivity contribution in [3.05, 3.63) is 79.1 Å². The third kappa shape index (κ3) is 4.41. The minimum absolute atomic E-state index is 0.0946. The molecule has 0 unspecified atom stereocenters. The predicted molar refractivity (Wildman–Crippen MR) is 119 cm³/mol. The smallest absolute Gasteiger partial charge is 0.275 e. The van der Waals surface area contributed by atoms with E-state index in [1.165, 1.54) is 9.64 Å². The average molecular weight is 538 g/mol. The molecule has 0 saturated carbocycles. The van der Waals surface area contributed by atoms with Crippen molar-refractivity contribution in [3.63, 3.8) is 0 Å². The van der Waals surface area contributed by atoms with Crippen LogP contribution in [0.3, 0.4) is 0 Å². The molecule has 3 aromatic rings. The van der Waals surface area contributed by atoms with Gasteiger partial charge in [-0.25, -0.2) is 5.43 Å². The summed E-state index contributed by atoms with van der Waals surface area (Å²) >= 11 is 5.56. The molecule has 0 atom stereocenters. The second kappa shape index (κ2) is 8.26. The lowest BCUT2D eigenvalue weighted by atomic mass is 10.2. The number of hydrazone groups is 1. The molecule has 0 spiro atoms. The molecule has 0 radical (unpaired) electrons. The zero-order chi connectivity index (χ0) is 19.6. The number of carbonyl (C=O) groups excluding carboxylic acids is 1. The third-order valence-electron chi connectivity index (χ3n) is 4.13. The molecule has 1 aromatic heterocycles. The van der Waals surface area contributed by atoms with E-state index in [9.17, 15) is 9.90 Å². The van der Waals surface area contributed by atoms with Gasteiger partial charge in [-0.2, -0.15) is 5.10 Å². The molecule has 0 saturated heterocycles. The van der Waals surface area contributed by atoms with Gasteiger partial charge in [-0.3, -0.25) is 4.79 Å². The monoisotopic (exact) mass is 537 g/mol. The number of hydrogen-bond acceptors (Lipinski definition) is 3. The number of phenolic OH excluding ortho intramolecular Hbond substituents is 1. The number of halogens is 2. The first-order chi connectivity index (χ1) is 12.9. The van der Waals surface area contributed by atoms with Gasteiger partial charge < -0.3 is 9.67 Å². The Bertz CT molecular complexity index is 1030. The highest BCUT2D eigenvalue weighted by Gasteiger charge is 2.12.